The van der Waals surface area contributed by atoms with Crippen molar-refractivity contribution in [3.8, 4) is 0 Å². The Balaban J connectivity index is 1.49. The van der Waals surface area contributed by atoms with Gasteiger partial charge in [-0.1, -0.05) is 36.4 Å². The number of benzene rings is 1. The molecular weight excluding hydrogens is 350 g/mol. The van der Waals surface area contributed by atoms with E-state index in [4.69, 9.17) is 4.74 Å². The van der Waals surface area contributed by atoms with Crippen LogP contribution in [0.25, 0.3) is 0 Å². The second-order valence-corrected chi connectivity index (χ2v) is 7.97. The van der Waals surface area contributed by atoms with E-state index in [1.165, 1.54) is 0 Å². The van der Waals surface area contributed by atoms with Crippen molar-refractivity contribution in [2.75, 3.05) is 33.4 Å². The lowest BCUT2D eigenvalue weighted by atomic mass is 9.81. The van der Waals surface area contributed by atoms with Gasteiger partial charge in [-0.05, 0) is 37.0 Å². The van der Waals surface area contributed by atoms with Crippen molar-refractivity contribution >= 4 is 5.91 Å². The molecule has 2 aliphatic heterocycles. The Hall–Kier alpha value is -2.24. The molecule has 2 saturated heterocycles. The van der Waals surface area contributed by atoms with E-state index in [-0.39, 0.29) is 17.4 Å². The molecule has 0 bridgehead atoms. The number of ether oxygens (including phenoxy) is 1. The summed E-state index contributed by atoms with van der Waals surface area (Å²) in [5.74, 6) is 0.238. The minimum absolute atomic E-state index is 0.0274. The van der Waals surface area contributed by atoms with Crippen LogP contribution in [0.3, 0.4) is 0 Å². The minimum atomic E-state index is -0.0449. The van der Waals surface area contributed by atoms with E-state index in [1.54, 1.807) is 7.11 Å². The molecule has 1 atom stereocenters. The molecule has 0 unspecified atom stereocenters. The number of rotatable bonds is 6. The van der Waals surface area contributed by atoms with Crippen molar-refractivity contribution in [1.29, 1.82) is 0 Å². The standard InChI is InChI=1S/C23H29N3O2/c1-28-16-15-26-22(27)21(19-7-3-2-4-8-19)17-23(26)10-13-25(14-11-23)18-20-9-5-6-12-24-20/h2-9,12,21H,10-11,13-18H2,1H3/t21-/m1/s1. The Morgan fingerprint density at radius 3 is 2.54 bits per heavy atom. The van der Waals surface area contributed by atoms with Crippen molar-refractivity contribution < 1.29 is 9.53 Å². The van der Waals surface area contributed by atoms with Crippen LogP contribution in [-0.2, 0) is 16.1 Å². The van der Waals surface area contributed by atoms with E-state index in [0.29, 0.717) is 13.2 Å². The highest BCUT2D eigenvalue weighted by molar-refractivity contribution is 5.87. The Kier molecular flexibility index (Phi) is 5.74. The first kappa shape index (κ1) is 19.1. The van der Waals surface area contributed by atoms with Crippen LogP contribution >= 0.6 is 0 Å². The highest BCUT2D eigenvalue weighted by Crippen LogP contribution is 2.45. The van der Waals surface area contributed by atoms with Crippen LogP contribution in [0.5, 0.6) is 0 Å². The minimum Gasteiger partial charge on any atom is -0.383 e. The number of piperidine rings is 1. The lowest BCUT2D eigenvalue weighted by Gasteiger charge is -2.45. The SMILES string of the molecule is COCCN1C(=O)[C@@H](c2ccccc2)CC12CCN(Cc1ccccn1)CC2. The summed E-state index contributed by atoms with van der Waals surface area (Å²) in [5, 5.41) is 0. The van der Waals surface area contributed by atoms with Crippen LogP contribution in [0, 0.1) is 0 Å². The van der Waals surface area contributed by atoms with Gasteiger partial charge in [-0.15, -0.1) is 0 Å². The van der Waals surface area contributed by atoms with E-state index < -0.39 is 0 Å². The van der Waals surface area contributed by atoms with E-state index in [2.05, 4.69) is 33.0 Å². The summed E-state index contributed by atoms with van der Waals surface area (Å²) in [6.45, 7) is 4.14. The van der Waals surface area contributed by atoms with Gasteiger partial charge in [0.2, 0.25) is 5.91 Å². The fourth-order valence-electron chi connectivity index (χ4n) is 4.80. The van der Waals surface area contributed by atoms with Gasteiger partial charge < -0.3 is 9.64 Å². The monoisotopic (exact) mass is 379 g/mol. The highest BCUT2D eigenvalue weighted by Gasteiger charge is 2.51. The van der Waals surface area contributed by atoms with Gasteiger partial charge in [-0.3, -0.25) is 14.7 Å². The maximum Gasteiger partial charge on any atom is 0.230 e. The van der Waals surface area contributed by atoms with Gasteiger partial charge in [0.05, 0.1) is 18.2 Å². The molecular formula is C23H29N3O2. The summed E-state index contributed by atoms with van der Waals surface area (Å²) >= 11 is 0. The van der Waals surface area contributed by atoms with Gasteiger partial charge in [0, 0.05) is 45.0 Å². The highest BCUT2D eigenvalue weighted by atomic mass is 16.5. The van der Waals surface area contributed by atoms with Crippen molar-refractivity contribution in [2.45, 2.75) is 37.3 Å². The first-order chi connectivity index (χ1) is 13.7. The predicted molar refractivity (Wildman–Crippen MR) is 109 cm³/mol. The number of methoxy groups -OCH3 is 1. The maximum atomic E-state index is 13.3. The van der Waals surface area contributed by atoms with Crippen LogP contribution < -0.4 is 0 Å². The van der Waals surface area contributed by atoms with Crippen molar-refractivity contribution in [3.05, 3.63) is 66.0 Å². The molecule has 2 fully saturated rings. The smallest absolute Gasteiger partial charge is 0.230 e. The summed E-state index contributed by atoms with van der Waals surface area (Å²) in [5.41, 5.74) is 2.21. The van der Waals surface area contributed by atoms with Crippen molar-refractivity contribution in [2.24, 2.45) is 0 Å². The second kappa shape index (κ2) is 8.41. The molecule has 0 aliphatic carbocycles. The molecule has 2 aliphatic rings. The summed E-state index contributed by atoms with van der Waals surface area (Å²) in [6.07, 6.45) is 4.79. The largest absolute Gasteiger partial charge is 0.383 e. The van der Waals surface area contributed by atoms with E-state index in [1.807, 2.05) is 36.5 Å². The molecule has 1 amide bonds. The molecule has 0 N–H and O–H groups in total. The molecule has 5 nitrogen and oxygen atoms in total. The Labute approximate surface area is 167 Å². The van der Waals surface area contributed by atoms with Crippen LogP contribution in [0.4, 0.5) is 0 Å². The molecule has 1 aromatic carbocycles. The lowest BCUT2D eigenvalue weighted by Crippen LogP contribution is -2.53. The zero-order valence-corrected chi connectivity index (χ0v) is 16.6. The number of carbonyl (C=O) groups excluding carboxylic acids is 1. The van der Waals surface area contributed by atoms with Gasteiger partial charge in [0.15, 0.2) is 0 Å². The van der Waals surface area contributed by atoms with E-state index in [9.17, 15) is 4.79 Å². The molecule has 148 valence electrons. The summed E-state index contributed by atoms with van der Waals surface area (Å²) < 4.78 is 5.31. The maximum absolute atomic E-state index is 13.3. The van der Waals surface area contributed by atoms with E-state index >= 15 is 0 Å². The first-order valence-corrected chi connectivity index (χ1v) is 10.2. The number of nitrogens with zero attached hydrogens (tertiary/aromatic N) is 3. The normalized spacial score (nSPS) is 22.1. The third-order valence-corrected chi connectivity index (χ3v) is 6.34. The van der Waals surface area contributed by atoms with Crippen molar-refractivity contribution in [3.63, 3.8) is 0 Å². The fraction of sp³-hybridized carbons (Fsp3) is 0.478. The van der Waals surface area contributed by atoms with Gasteiger partial charge in [-0.2, -0.15) is 0 Å². The summed E-state index contributed by atoms with van der Waals surface area (Å²) in [6, 6.07) is 16.3. The molecule has 2 aromatic rings. The third-order valence-electron chi connectivity index (χ3n) is 6.34. The fourth-order valence-corrected chi connectivity index (χ4v) is 4.80. The molecule has 1 aromatic heterocycles. The summed E-state index contributed by atoms with van der Waals surface area (Å²) in [4.78, 5) is 22.4. The Morgan fingerprint density at radius 2 is 1.86 bits per heavy atom. The number of hydrogen-bond donors (Lipinski definition) is 0. The zero-order chi connectivity index (χ0) is 19.4. The topological polar surface area (TPSA) is 45.7 Å². The van der Waals surface area contributed by atoms with Gasteiger partial charge in [-0.25, -0.2) is 0 Å². The second-order valence-electron chi connectivity index (χ2n) is 7.97. The Morgan fingerprint density at radius 1 is 1.11 bits per heavy atom. The van der Waals surface area contributed by atoms with Crippen LogP contribution in [0.1, 0.15) is 36.4 Å². The quantitative estimate of drug-likeness (QED) is 0.774. The predicted octanol–water partition coefficient (Wildman–Crippen LogP) is 3.08. The van der Waals surface area contributed by atoms with Gasteiger partial charge in [0.25, 0.3) is 0 Å². The number of carbonyl (C=O) groups is 1. The van der Waals surface area contributed by atoms with Gasteiger partial charge >= 0.3 is 0 Å². The van der Waals surface area contributed by atoms with Crippen molar-refractivity contribution in [1.82, 2.24) is 14.8 Å². The van der Waals surface area contributed by atoms with Crippen LogP contribution in [-0.4, -0.2) is 59.6 Å². The molecule has 0 radical (unpaired) electrons. The third kappa shape index (κ3) is 3.82. The average Bonchev–Trinajstić information content (AvgIpc) is 3.01. The number of amides is 1. The number of aromatic nitrogens is 1. The molecule has 28 heavy (non-hydrogen) atoms. The zero-order valence-electron chi connectivity index (χ0n) is 16.6. The molecule has 5 heteroatoms. The van der Waals surface area contributed by atoms with Gasteiger partial charge in [0.1, 0.15) is 0 Å². The number of hydrogen-bond acceptors (Lipinski definition) is 4. The van der Waals surface area contributed by atoms with Crippen LogP contribution in [0.2, 0.25) is 0 Å². The summed E-state index contributed by atoms with van der Waals surface area (Å²) in [7, 11) is 1.71. The lowest BCUT2D eigenvalue weighted by molar-refractivity contribution is -0.134. The molecule has 4 rings (SSSR count). The number of likely N-dealkylation sites (tertiary alicyclic amines) is 2. The first-order valence-electron chi connectivity index (χ1n) is 10.2. The molecule has 1 spiro atoms. The Bertz CT molecular complexity index is 773. The van der Waals surface area contributed by atoms with Crippen LogP contribution in [0.15, 0.2) is 54.7 Å². The average molecular weight is 380 g/mol. The number of pyridine rings is 1. The molecule has 0 saturated carbocycles. The van der Waals surface area contributed by atoms with E-state index in [0.717, 1.165) is 50.2 Å². The molecule has 3 heterocycles.